The highest BCUT2D eigenvalue weighted by atomic mass is 16.1. The van der Waals surface area contributed by atoms with Crippen LogP contribution in [0.5, 0.6) is 0 Å². The molecule has 1 aliphatic carbocycles. The molecule has 1 atom stereocenters. The van der Waals surface area contributed by atoms with Gasteiger partial charge >= 0.3 is 0 Å². The fourth-order valence-electron chi connectivity index (χ4n) is 2.22. The summed E-state index contributed by atoms with van der Waals surface area (Å²) in [6, 6.07) is 0. The summed E-state index contributed by atoms with van der Waals surface area (Å²) in [6.07, 6.45) is 4.75. The first-order valence-electron chi connectivity index (χ1n) is 5.25. The van der Waals surface area contributed by atoms with E-state index in [0.717, 1.165) is 25.5 Å². The van der Waals surface area contributed by atoms with Gasteiger partial charge in [0.05, 0.1) is 0 Å². The van der Waals surface area contributed by atoms with Crippen LogP contribution in [0.25, 0.3) is 0 Å². The van der Waals surface area contributed by atoms with Crippen molar-refractivity contribution in [3.05, 3.63) is 24.3 Å². The second kappa shape index (κ2) is 4.12. The summed E-state index contributed by atoms with van der Waals surface area (Å²) < 4.78 is 0. The standard InChI is InChI=1S/C13H20O/c1-10-5-7-13(3,4)9-11(2)12(10)6-8-14/h8,12H,1-2,5-7,9H2,3-4H3. The lowest BCUT2D eigenvalue weighted by molar-refractivity contribution is -0.108. The fourth-order valence-corrected chi connectivity index (χ4v) is 2.22. The van der Waals surface area contributed by atoms with E-state index in [4.69, 9.17) is 0 Å². The van der Waals surface area contributed by atoms with Gasteiger partial charge in [-0.25, -0.2) is 0 Å². The van der Waals surface area contributed by atoms with Gasteiger partial charge in [-0.2, -0.15) is 0 Å². The van der Waals surface area contributed by atoms with Crippen molar-refractivity contribution in [1.82, 2.24) is 0 Å². The fraction of sp³-hybridized carbons (Fsp3) is 0.615. The predicted octanol–water partition coefficient (Wildman–Crippen LogP) is 3.51. The van der Waals surface area contributed by atoms with Gasteiger partial charge in [0.25, 0.3) is 0 Å². The zero-order chi connectivity index (χ0) is 10.8. The minimum absolute atomic E-state index is 0.231. The average Bonchev–Trinajstić information content (AvgIpc) is 2.16. The minimum atomic E-state index is 0.231. The molecule has 0 bridgehead atoms. The Kier molecular flexibility index (Phi) is 3.30. The van der Waals surface area contributed by atoms with Crippen LogP contribution >= 0.6 is 0 Å². The van der Waals surface area contributed by atoms with E-state index in [0.29, 0.717) is 11.8 Å². The molecular formula is C13H20O. The van der Waals surface area contributed by atoms with Crippen molar-refractivity contribution >= 4 is 6.29 Å². The average molecular weight is 192 g/mol. The number of hydrogen-bond donors (Lipinski definition) is 0. The summed E-state index contributed by atoms with van der Waals surface area (Å²) >= 11 is 0. The molecule has 0 N–H and O–H groups in total. The molecule has 1 aliphatic rings. The van der Waals surface area contributed by atoms with Crippen molar-refractivity contribution in [2.75, 3.05) is 0 Å². The molecule has 0 heterocycles. The number of carbonyl (C=O) groups is 1. The Morgan fingerprint density at radius 1 is 1.43 bits per heavy atom. The number of allylic oxidation sites excluding steroid dienone is 2. The number of aldehydes is 1. The Morgan fingerprint density at radius 2 is 2.07 bits per heavy atom. The molecule has 1 fully saturated rings. The quantitative estimate of drug-likeness (QED) is 0.372. The van der Waals surface area contributed by atoms with E-state index < -0.39 is 0 Å². The molecule has 14 heavy (non-hydrogen) atoms. The molecule has 0 spiro atoms. The van der Waals surface area contributed by atoms with Gasteiger partial charge in [0.1, 0.15) is 6.29 Å². The predicted molar refractivity (Wildman–Crippen MR) is 60.1 cm³/mol. The van der Waals surface area contributed by atoms with Crippen LogP contribution in [0.4, 0.5) is 0 Å². The third-order valence-electron chi connectivity index (χ3n) is 3.15. The summed E-state index contributed by atoms with van der Waals surface area (Å²) in [5.41, 5.74) is 2.69. The third kappa shape index (κ3) is 2.57. The first-order valence-corrected chi connectivity index (χ1v) is 5.25. The van der Waals surface area contributed by atoms with Gasteiger partial charge in [0.2, 0.25) is 0 Å². The van der Waals surface area contributed by atoms with Crippen LogP contribution < -0.4 is 0 Å². The van der Waals surface area contributed by atoms with Gasteiger partial charge in [0.15, 0.2) is 0 Å². The molecule has 0 amide bonds. The Morgan fingerprint density at radius 3 is 2.64 bits per heavy atom. The summed E-state index contributed by atoms with van der Waals surface area (Å²) in [5.74, 6) is 0.231. The van der Waals surface area contributed by atoms with Crippen LogP contribution in [0.3, 0.4) is 0 Å². The van der Waals surface area contributed by atoms with Gasteiger partial charge in [-0.1, -0.05) is 38.2 Å². The molecule has 1 rings (SSSR count). The summed E-state index contributed by atoms with van der Waals surface area (Å²) in [7, 11) is 0. The van der Waals surface area contributed by atoms with Gasteiger partial charge in [-0.3, -0.25) is 0 Å². The topological polar surface area (TPSA) is 17.1 Å². The maximum Gasteiger partial charge on any atom is 0.120 e. The second-order valence-electron chi connectivity index (χ2n) is 5.11. The molecule has 0 aliphatic heterocycles. The van der Waals surface area contributed by atoms with Gasteiger partial charge < -0.3 is 4.79 Å². The first-order chi connectivity index (χ1) is 6.46. The van der Waals surface area contributed by atoms with E-state index in [-0.39, 0.29) is 5.92 Å². The lowest BCUT2D eigenvalue weighted by Gasteiger charge is -2.23. The zero-order valence-electron chi connectivity index (χ0n) is 9.31. The Balaban J connectivity index is 2.82. The monoisotopic (exact) mass is 192 g/mol. The van der Waals surface area contributed by atoms with Crippen molar-refractivity contribution in [2.24, 2.45) is 11.3 Å². The van der Waals surface area contributed by atoms with Crippen molar-refractivity contribution < 1.29 is 4.79 Å². The molecule has 1 heteroatoms. The lowest BCUT2D eigenvalue weighted by atomic mass is 9.82. The van der Waals surface area contributed by atoms with E-state index >= 15 is 0 Å². The highest BCUT2D eigenvalue weighted by molar-refractivity contribution is 5.52. The van der Waals surface area contributed by atoms with E-state index in [1.807, 2.05) is 0 Å². The molecule has 0 aromatic heterocycles. The summed E-state index contributed by atoms with van der Waals surface area (Å²) in [6.45, 7) is 12.7. The molecule has 1 nitrogen and oxygen atoms in total. The SMILES string of the molecule is C=C1CCC(C)(C)CC(=C)C1CC=O. The molecule has 0 aromatic carbocycles. The van der Waals surface area contributed by atoms with Crippen LogP contribution in [0, 0.1) is 11.3 Å². The molecule has 0 radical (unpaired) electrons. The van der Waals surface area contributed by atoms with Crippen molar-refractivity contribution in [3.63, 3.8) is 0 Å². The summed E-state index contributed by atoms with van der Waals surface area (Å²) in [5, 5.41) is 0. The molecule has 1 unspecified atom stereocenters. The zero-order valence-corrected chi connectivity index (χ0v) is 9.31. The maximum absolute atomic E-state index is 10.6. The maximum atomic E-state index is 10.6. The van der Waals surface area contributed by atoms with Crippen molar-refractivity contribution in [1.29, 1.82) is 0 Å². The van der Waals surface area contributed by atoms with Crippen LogP contribution in [-0.4, -0.2) is 6.29 Å². The largest absolute Gasteiger partial charge is 0.303 e. The molecule has 1 saturated carbocycles. The van der Waals surface area contributed by atoms with Crippen LogP contribution in [-0.2, 0) is 4.79 Å². The second-order valence-corrected chi connectivity index (χ2v) is 5.11. The number of rotatable bonds is 2. The highest BCUT2D eigenvalue weighted by Gasteiger charge is 2.28. The summed E-state index contributed by atoms with van der Waals surface area (Å²) in [4.78, 5) is 10.6. The van der Waals surface area contributed by atoms with Gasteiger partial charge in [-0.05, 0) is 24.7 Å². The molecule has 0 saturated heterocycles. The first kappa shape index (κ1) is 11.2. The smallest absolute Gasteiger partial charge is 0.120 e. The van der Waals surface area contributed by atoms with Gasteiger partial charge in [-0.15, -0.1) is 0 Å². The Labute approximate surface area is 86.9 Å². The Hall–Kier alpha value is -0.850. The van der Waals surface area contributed by atoms with E-state index in [2.05, 4.69) is 27.0 Å². The molecule has 0 aromatic rings. The van der Waals surface area contributed by atoms with E-state index in [9.17, 15) is 4.79 Å². The highest BCUT2D eigenvalue weighted by Crippen LogP contribution is 2.41. The van der Waals surface area contributed by atoms with E-state index in [1.165, 1.54) is 11.1 Å². The van der Waals surface area contributed by atoms with E-state index in [1.54, 1.807) is 0 Å². The third-order valence-corrected chi connectivity index (χ3v) is 3.15. The molecule has 78 valence electrons. The lowest BCUT2D eigenvalue weighted by Crippen LogP contribution is -2.11. The number of hydrogen-bond acceptors (Lipinski definition) is 1. The van der Waals surface area contributed by atoms with Crippen molar-refractivity contribution in [2.45, 2.75) is 39.5 Å². The number of carbonyl (C=O) groups excluding carboxylic acids is 1. The van der Waals surface area contributed by atoms with Crippen LogP contribution in [0.2, 0.25) is 0 Å². The van der Waals surface area contributed by atoms with Crippen LogP contribution in [0.15, 0.2) is 24.3 Å². The normalized spacial score (nSPS) is 27.1. The Bertz CT molecular complexity index is 260. The van der Waals surface area contributed by atoms with Gasteiger partial charge in [0, 0.05) is 12.3 Å². The minimum Gasteiger partial charge on any atom is -0.303 e. The van der Waals surface area contributed by atoms with Crippen LogP contribution in [0.1, 0.15) is 39.5 Å². The molecular weight excluding hydrogens is 172 g/mol. The van der Waals surface area contributed by atoms with Crippen molar-refractivity contribution in [3.8, 4) is 0 Å².